The summed E-state index contributed by atoms with van der Waals surface area (Å²) < 4.78 is 52.3. The van der Waals surface area contributed by atoms with E-state index in [4.69, 9.17) is 11.5 Å². The molecule has 0 saturated heterocycles. The Kier molecular flexibility index (Phi) is 3.90. The summed E-state index contributed by atoms with van der Waals surface area (Å²) in [6.45, 7) is 0. The van der Waals surface area contributed by atoms with Crippen LogP contribution in [0.15, 0.2) is 58.3 Å². The normalized spacial score (nSPS) is 12.2. The SMILES string of the molecule is Nc1cccc(S(=O)(=O)OS(=O)(=O)c2ccccc2N)c1. The van der Waals surface area contributed by atoms with Crippen LogP contribution in [0.2, 0.25) is 0 Å². The van der Waals surface area contributed by atoms with Gasteiger partial charge in [-0.15, -0.1) is 3.63 Å². The number of nitrogens with two attached hydrogens (primary N) is 2. The molecule has 21 heavy (non-hydrogen) atoms. The zero-order chi connectivity index (χ0) is 15.7. The molecule has 0 atom stereocenters. The van der Waals surface area contributed by atoms with Crippen LogP contribution < -0.4 is 11.5 Å². The third-order valence-electron chi connectivity index (χ3n) is 2.51. The minimum Gasteiger partial charge on any atom is -0.399 e. The van der Waals surface area contributed by atoms with Gasteiger partial charge in [-0.3, -0.25) is 0 Å². The van der Waals surface area contributed by atoms with Crippen molar-refractivity contribution in [3.63, 3.8) is 0 Å². The Bertz CT molecular complexity index is 876. The van der Waals surface area contributed by atoms with E-state index in [-0.39, 0.29) is 16.3 Å². The van der Waals surface area contributed by atoms with E-state index in [1.807, 2.05) is 0 Å². The van der Waals surface area contributed by atoms with Crippen molar-refractivity contribution in [1.82, 2.24) is 0 Å². The lowest BCUT2D eigenvalue weighted by Crippen LogP contribution is -2.15. The summed E-state index contributed by atoms with van der Waals surface area (Å²) in [5.41, 5.74) is 11.0. The van der Waals surface area contributed by atoms with Crippen LogP contribution in [0.25, 0.3) is 0 Å². The third kappa shape index (κ3) is 3.32. The molecule has 0 aliphatic heterocycles. The Hall–Kier alpha value is -2.10. The van der Waals surface area contributed by atoms with E-state index in [2.05, 4.69) is 3.63 Å². The summed E-state index contributed by atoms with van der Waals surface area (Å²) in [4.78, 5) is -0.780. The monoisotopic (exact) mass is 328 g/mol. The standard InChI is InChI=1S/C12H12N2O5S2/c13-9-4-3-5-10(8-9)20(15,16)19-21(17,18)12-7-2-1-6-11(12)14/h1-8H,13-14H2. The lowest BCUT2D eigenvalue weighted by molar-refractivity contribution is 0.462. The highest BCUT2D eigenvalue weighted by Gasteiger charge is 2.28. The highest BCUT2D eigenvalue weighted by atomic mass is 32.3. The van der Waals surface area contributed by atoms with Crippen molar-refractivity contribution >= 4 is 31.6 Å². The van der Waals surface area contributed by atoms with E-state index in [0.29, 0.717) is 0 Å². The van der Waals surface area contributed by atoms with Gasteiger partial charge in [0.25, 0.3) is 0 Å². The average Bonchev–Trinajstić information content (AvgIpc) is 2.37. The van der Waals surface area contributed by atoms with Gasteiger partial charge in [-0.05, 0) is 30.3 Å². The average molecular weight is 328 g/mol. The van der Waals surface area contributed by atoms with Gasteiger partial charge in [0.05, 0.1) is 10.6 Å². The molecule has 9 heteroatoms. The first kappa shape index (κ1) is 15.3. The van der Waals surface area contributed by atoms with E-state index in [9.17, 15) is 16.8 Å². The van der Waals surface area contributed by atoms with Crippen LogP contribution in [0.1, 0.15) is 0 Å². The topological polar surface area (TPSA) is 130 Å². The fourth-order valence-electron chi connectivity index (χ4n) is 1.57. The summed E-state index contributed by atoms with van der Waals surface area (Å²) in [6.07, 6.45) is 0. The molecule has 4 N–H and O–H groups in total. The highest BCUT2D eigenvalue weighted by Crippen LogP contribution is 2.24. The molecule has 0 saturated carbocycles. The Balaban J connectivity index is 2.43. The number of para-hydroxylation sites is 1. The number of hydrogen-bond donors (Lipinski definition) is 2. The van der Waals surface area contributed by atoms with Crippen LogP contribution in [-0.4, -0.2) is 16.8 Å². The molecule has 0 aliphatic carbocycles. The molecule has 2 aromatic rings. The summed E-state index contributed by atoms with van der Waals surface area (Å²) in [6, 6.07) is 10.5. The Morgan fingerprint density at radius 2 is 1.48 bits per heavy atom. The van der Waals surface area contributed by atoms with Crippen molar-refractivity contribution in [2.75, 3.05) is 11.5 Å². The quantitative estimate of drug-likeness (QED) is 0.799. The molecule has 0 unspecified atom stereocenters. The number of rotatable bonds is 4. The Labute approximate surface area is 122 Å². The zero-order valence-electron chi connectivity index (χ0n) is 10.6. The molecule has 0 fully saturated rings. The smallest absolute Gasteiger partial charge is 0.313 e. The van der Waals surface area contributed by atoms with E-state index >= 15 is 0 Å². The van der Waals surface area contributed by atoms with Gasteiger partial charge in [0.15, 0.2) is 0 Å². The molecular formula is C12H12N2O5S2. The second kappa shape index (κ2) is 5.35. The lowest BCUT2D eigenvalue weighted by Gasteiger charge is -2.08. The maximum atomic E-state index is 12.0. The minimum atomic E-state index is -4.56. The lowest BCUT2D eigenvalue weighted by atomic mass is 10.3. The van der Waals surface area contributed by atoms with E-state index in [1.54, 1.807) is 0 Å². The number of nitrogen functional groups attached to an aromatic ring is 2. The van der Waals surface area contributed by atoms with Crippen LogP contribution in [0.3, 0.4) is 0 Å². The van der Waals surface area contributed by atoms with Gasteiger partial charge in [-0.1, -0.05) is 18.2 Å². The first-order chi connectivity index (χ1) is 9.72. The molecule has 2 rings (SSSR count). The van der Waals surface area contributed by atoms with Crippen molar-refractivity contribution in [3.05, 3.63) is 48.5 Å². The predicted molar refractivity (Wildman–Crippen MR) is 77.2 cm³/mol. The minimum absolute atomic E-state index is 0.111. The van der Waals surface area contributed by atoms with E-state index < -0.39 is 25.1 Å². The molecule has 0 amide bonds. The Morgan fingerprint density at radius 1 is 0.810 bits per heavy atom. The molecule has 0 heterocycles. The molecule has 0 spiro atoms. The Morgan fingerprint density at radius 3 is 2.10 bits per heavy atom. The van der Waals surface area contributed by atoms with E-state index in [1.165, 1.54) is 36.4 Å². The predicted octanol–water partition coefficient (Wildman–Crippen LogP) is 0.945. The number of anilines is 2. The fraction of sp³-hybridized carbons (Fsp3) is 0. The third-order valence-corrected chi connectivity index (χ3v) is 5.69. The first-order valence-corrected chi connectivity index (χ1v) is 8.45. The molecule has 0 radical (unpaired) electrons. The van der Waals surface area contributed by atoms with Gasteiger partial charge < -0.3 is 11.5 Å². The first-order valence-electron chi connectivity index (χ1n) is 5.63. The van der Waals surface area contributed by atoms with Crippen molar-refractivity contribution in [2.45, 2.75) is 9.79 Å². The highest BCUT2D eigenvalue weighted by molar-refractivity contribution is 8.00. The summed E-state index contributed by atoms with van der Waals surface area (Å²) in [5.74, 6) is 0. The van der Waals surface area contributed by atoms with Gasteiger partial charge in [0, 0.05) is 5.69 Å². The second-order valence-corrected chi connectivity index (χ2v) is 7.36. The summed E-state index contributed by atoms with van der Waals surface area (Å²) in [5, 5.41) is 0. The van der Waals surface area contributed by atoms with Gasteiger partial charge in [-0.25, -0.2) is 0 Å². The molecule has 2 aromatic carbocycles. The molecule has 112 valence electrons. The fourth-order valence-corrected chi connectivity index (χ4v) is 4.25. The molecule has 0 aromatic heterocycles. The number of benzene rings is 2. The molecule has 0 bridgehead atoms. The second-order valence-electron chi connectivity index (χ2n) is 4.09. The van der Waals surface area contributed by atoms with Gasteiger partial charge in [0.2, 0.25) is 0 Å². The van der Waals surface area contributed by atoms with E-state index in [0.717, 1.165) is 12.1 Å². The van der Waals surface area contributed by atoms with Gasteiger partial charge in [-0.2, -0.15) is 16.8 Å². The van der Waals surface area contributed by atoms with Gasteiger partial charge in [0.1, 0.15) is 4.90 Å². The van der Waals surface area contributed by atoms with Crippen molar-refractivity contribution in [3.8, 4) is 0 Å². The number of hydrogen-bond acceptors (Lipinski definition) is 7. The summed E-state index contributed by atoms with van der Waals surface area (Å²) >= 11 is 0. The molecular weight excluding hydrogens is 316 g/mol. The van der Waals surface area contributed by atoms with Crippen molar-refractivity contribution in [2.24, 2.45) is 0 Å². The van der Waals surface area contributed by atoms with Crippen LogP contribution in [0, 0.1) is 0 Å². The molecule has 0 aliphatic rings. The largest absolute Gasteiger partial charge is 0.399 e. The van der Waals surface area contributed by atoms with Crippen molar-refractivity contribution in [1.29, 1.82) is 0 Å². The van der Waals surface area contributed by atoms with Crippen LogP contribution in [0.5, 0.6) is 0 Å². The maximum absolute atomic E-state index is 12.0. The van der Waals surface area contributed by atoms with Crippen LogP contribution in [0.4, 0.5) is 11.4 Å². The zero-order valence-corrected chi connectivity index (χ0v) is 12.3. The van der Waals surface area contributed by atoms with Gasteiger partial charge >= 0.3 is 20.2 Å². The van der Waals surface area contributed by atoms with Crippen LogP contribution >= 0.6 is 0 Å². The van der Waals surface area contributed by atoms with Crippen molar-refractivity contribution < 1.29 is 20.5 Å². The maximum Gasteiger partial charge on any atom is 0.313 e. The molecule has 7 nitrogen and oxygen atoms in total. The van der Waals surface area contributed by atoms with Crippen LogP contribution in [-0.2, 0) is 23.9 Å². The summed E-state index contributed by atoms with van der Waals surface area (Å²) in [7, 11) is -9.09.